The number of nitro benzene ring substituents is 1. The van der Waals surface area contributed by atoms with Crippen molar-refractivity contribution in [3.8, 4) is 5.75 Å². The average Bonchev–Trinajstić information content (AvgIpc) is 2.85. The normalized spacial score (nSPS) is 23.0. The van der Waals surface area contributed by atoms with Crippen LogP contribution in [0.15, 0.2) is 51.7 Å². The first-order valence-corrected chi connectivity index (χ1v) is 11.3. The smallest absolute Gasteiger partial charge is 0.360 e. The van der Waals surface area contributed by atoms with Crippen LogP contribution in [-0.2, 0) is 9.47 Å². The molecule has 2 aromatic carbocycles. The highest BCUT2D eigenvalue weighted by molar-refractivity contribution is 6.07. The fourth-order valence-corrected chi connectivity index (χ4v) is 4.36. The topological polar surface area (TPSA) is 171 Å². The molecule has 12 heteroatoms. The van der Waals surface area contributed by atoms with Crippen molar-refractivity contribution in [2.75, 3.05) is 12.4 Å². The van der Waals surface area contributed by atoms with Gasteiger partial charge in [0.05, 0.1) is 10.5 Å². The van der Waals surface area contributed by atoms with Crippen molar-refractivity contribution in [3.05, 3.63) is 74.1 Å². The fraction of sp³-hybridized carbons (Fsp3) is 0.360. The monoisotopic (exact) mass is 514 g/mol. The maximum Gasteiger partial charge on any atom is 0.360 e. The van der Waals surface area contributed by atoms with E-state index in [1.165, 1.54) is 37.4 Å². The molecule has 1 aliphatic rings. The number of aliphatic hydroxyl groups excluding tert-OH is 2. The van der Waals surface area contributed by atoms with Gasteiger partial charge < -0.3 is 34.2 Å². The Kier molecular flexibility index (Phi) is 7.02. The molecule has 0 aliphatic carbocycles. The van der Waals surface area contributed by atoms with Crippen LogP contribution in [0.2, 0.25) is 0 Å². The first-order valence-electron chi connectivity index (χ1n) is 11.3. The van der Waals surface area contributed by atoms with Crippen LogP contribution in [0.1, 0.15) is 29.8 Å². The van der Waals surface area contributed by atoms with Crippen molar-refractivity contribution in [1.82, 2.24) is 0 Å². The minimum absolute atomic E-state index is 0.158. The summed E-state index contributed by atoms with van der Waals surface area (Å²) < 4.78 is 22.4. The number of carbonyl (C=O) groups is 1. The van der Waals surface area contributed by atoms with Gasteiger partial charge in [0.25, 0.3) is 11.6 Å². The second-order valence-electron chi connectivity index (χ2n) is 9.13. The van der Waals surface area contributed by atoms with Crippen molar-refractivity contribution in [2.45, 2.75) is 51.0 Å². The molecule has 12 nitrogen and oxygen atoms in total. The van der Waals surface area contributed by atoms with Crippen LogP contribution in [0.25, 0.3) is 11.0 Å². The predicted octanol–water partition coefficient (Wildman–Crippen LogP) is 2.51. The van der Waals surface area contributed by atoms with Crippen molar-refractivity contribution in [3.63, 3.8) is 0 Å². The summed E-state index contributed by atoms with van der Waals surface area (Å²) in [6, 6.07) is 9.87. The molecule has 1 aromatic heterocycles. The third-order valence-corrected chi connectivity index (χ3v) is 6.24. The Hall–Kier alpha value is -3.84. The number of benzene rings is 2. The number of nitro groups is 1. The molecule has 1 saturated heterocycles. The molecule has 37 heavy (non-hydrogen) atoms. The largest absolute Gasteiger partial charge is 0.462 e. The van der Waals surface area contributed by atoms with E-state index in [1.54, 1.807) is 32.9 Å². The number of nitrogens with one attached hydrogen (secondary N) is 1. The molecule has 3 aromatic rings. The highest BCUT2D eigenvalue weighted by Gasteiger charge is 2.50. The number of amides is 1. The first-order chi connectivity index (χ1) is 17.4. The Morgan fingerprint density at radius 1 is 1.16 bits per heavy atom. The number of fused-ring (bicyclic) bond motifs is 1. The lowest BCUT2D eigenvalue weighted by molar-refractivity contribution is -0.385. The minimum Gasteiger partial charge on any atom is -0.462 e. The number of aliphatic hydroxyl groups is 2. The van der Waals surface area contributed by atoms with Crippen molar-refractivity contribution < 1.29 is 38.6 Å². The molecule has 0 bridgehead atoms. The number of hydrogen-bond acceptors (Lipinski definition) is 10. The van der Waals surface area contributed by atoms with Crippen LogP contribution in [0.5, 0.6) is 5.75 Å². The molecular weight excluding hydrogens is 488 g/mol. The van der Waals surface area contributed by atoms with Crippen molar-refractivity contribution in [1.29, 1.82) is 0 Å². The Morgan fingerprint density at radius 3 is 2.54 bits per heavy atom. The lowest BCUT2D eigenvalue weighted by Crippen LogP contribution is -2.63. The third-order valence-electron chi connectivity index (χ3n) is 6.24. The van der Waals surface area contributed by atoms with E-state index in [0.717, 1.165) is 0 Å². The second kappa shape index (κ2) is 9.90. The lowest BCUT2D eigenvalue weighted by atomic mass is 9.89. The molecule has 3 N–H and O–H groups in total. The first kappa shape index (κ1) is 26.2. The van der Waals surface area contributed by atoms with Crippen LogP contribution in [0.3, 0.4) is 0 Å². The number of methoxy groups -OCH3 is 1. The molecule has 196 valence electrons. The molecule has 4 atom stereocenters. The van der Waals surface area contributed by atoms with Crippen LogP contribution < -0.4 is 15.7 Å². The van der Waals surface area contributed by atoms with Crippen LogP contribution in [0, 0.1) is 17.0 Å². The summed E-state index contributed by atoms with van der Waals surface area (Å²) in [4.78, 5) is 35.8. The predicted molar refractivity (Wildman–Crippen MR) is 131 cm³/mol. The zero-order valence-corrected chi connectivity index (χ0v) is 20.5. The van der Waals surface area contributed by atoms with Gasteiger partial charge in [-0.1, -0.05) is 12.1 Å². The highest BCUT2D eigenvalue weighted by Crippen LogP contribution is 2.35. The van der Waals surface area contributed by atoms with E-state index in [2.05, 4.69) is 5.32 Å². The Labute approximate surface area is 210 Å². The highest BCUT2D eigenvalue weighted by atomic mass is 16.7. The number of aryl methyl sites for hydroxylation is 1. The van der Waals surface area contributed by atoms with Gasteiger partial charge in [-0.25, -0.2) is 4.79 Å². The molecule has 0 radical (unpaired) electrons. The average molecular weight is 514 g/mol. The van der Waals surface area contributed by atoms with Gasteiger partial charge in [0.15, 0.2) is 0 Å². The van der Waals surface area contributed by atoms with Gasteiger partial charge in [-0.15, -0.1) is 0 Å². The summed E-state index contributed by atoms with van der Waals surface area (Å²) in [6.45, 7) is 5.01. The number of ether oxygens (including phenoxy) is 3. The van der Waals surface area contributed by atoms with Gasteiger partial charge >= 0.3 is 5.63 Å². The van der Waals surface area contributed by atoms with Gasteiger partial charge in [-0.05, 0) is 45.0 Å². The molecule has 4 rings (SSSR count). The molecule has 1 amide bonds. The number of rotatable bonds is 6. The van der Waals surface area contributed by atoms with Gasteiger partial charge in [0.2, 0.25) is 6.29 Å². The van der Waals surface area contributed by atoms with E-state index >= 15 is 0 Å². The third kappa shape index (κ3) is 4.91. The lowest BCUT2D eigenvalue weighted by Gasteiger charge is -2.46. The van der Waals surface area contributed by atoms with Gasteiger partial charge in [-0.2, -0.15) is 0 Å². The van der Waals surface area contributed by atoms with E-state index in [9.17, 15) is 29.9 Å². The van der Waals surface area contributed by atoms with Gasteiger partial charge in [-0.3, -0.25) is 14.9 Å². The summed E-state index contributed by atoms with van der Waals surface area (Å²) in [6.07, 6.45) is -4.72. The molecule has 2 heterocycles. The summed E-state index contributed by atoms with van der Waals surface area (Å²) >= 11 is 0. The SMILES string of the molecule is CO[C@@H]1[C@@H](O)[C@@H](O)[C@H](Oc2ccc3cc(NC(=O)c4ccccc4[N+](=O)[O-])c(=O)oc3c2C)OC1(C)C. The minimum atomic E-state index is -1.42. The molecular formula is C25H26N2O10. The van der Waals surface area contributed by atoms with E-state index in [0.29, 0.717) is 10.9 Å². The second-order valence-corrected chi connectivity index (χ2v) is 9.13. The standard InChI is InChI=1S/C25H26N2O10/c1-12-17(35-24-19(29)18(28)21(34-4)25(2,3)37-24)10-9-13-11-15(23(31)36-20(12)13)26-22(30)14-7-5-6-8-16(14)27(32)33/h5-11,18-19,21,24,28-29H,1-4H3,(H,26,30)/t18-,19+,21+,24+/m0/s1. The van der Waals surface area contributed by atoms with Gasteiger partial charge in [0.1, 0.15) is 40.9 Å². The Bertz CT molecular complexity index is 1420. The van der Waals surface area contributed by atoms with E-state index in [-0.39, 0.29) is 22.6 Å². The molecule has 1 fully saturated rings. The number of nitrogens with zero attached hydrogens (tertiary/aromatic N) is 1. The quantitative estimate of drug-likeness (QED) is 0.252. The zero-order chi connectivity index (χ0) is 27.1. The maximum absolute atomic E-state index is 12.7. The van der Waals surface area contributed by atoms with Crippen LogP contribution in [-0.4, -0.2) is 58.4 Å². The summed E-state index contributed by atoms with van der Waals surface area (Å²) in [5.41, 5.74) is -2.11. The molecule has 0 saturated carbocycles. The van der Waals surface area contributed by atoms with E-state index < -0.39 is 52.3 Å². The summed E-state index contributed by atoms with van der Waals surface area (Å²) in [5, 5.41) is 35.0. The van der Waals surface area contributed by atoms with E-state index in [1.807, 2.05) is 0 Å². The van der Waals surface area contributed by atoms with Crippen molar-refractivity contribution >= 4 is 28.3 Å². The fourth-order valence-electron chi connectivity index (χ4n) is 4.36. The van der Waals surface area contributed by atoms with E-state index in [4.69, 9.17) is 18.6 Å². The molecule has 1 aliphatic heterocycles. The van der Waals surface area contributed by atoms with Crippen molar-refractivity contribution in [2.24, 2.45) is 0 Å². The Balaban J connectivity index is 1.61. The van der Waals surface area contributed by atoms with Gasteiger partial charge in [0, 0.05) is 24.1 Å². The van der Waals surface area contributed by atoms with Crippen LogP contribution >= 0.6 is 0 Å². The number of carbonyl (C=O) groups excluding carboxylic acids is 1. The van der Waals surface area contributed by atoms with Crippen LogP contribution in [0.4, 0.5) is 11.4 Å². The molecule has 0 spiro atoms. The summed E-state index contributed by atoms with van der Waals surface area (Å²) in [7, 11) is 1.40. The number of para-hydroxylation sites is 1. The zero-order valence-electron chi connectivity index (χ0n) is 20.5. The molecule has 0 unspecified atom stereocenters. The number of hydrogen-bond donors (Lipinski definition) is 3. The summed E-state index contributed by atoms with van der Waals surface area (Å²) in [5.74, 6) is -0.607. The maximum atomic E-state index is 12.7. The number of anilines is 1. The Morgan fingerprint density at radius 2 is 1.86 bits per heavy atom.